The summed E-state index contributed by atoms with van der Waals surface area (Å²) in [5, 5.41) is 3.45. The van der Waals surface area contributed by atoms with E-state index >= 15 is 0 Å². The van der Waals surface area contributed by atoms with Crippen molar-refractivity contribution in [3.63, 3.8) is 0 Å². The van der Waals surface area contributed by atoms with Crippen LogP contribution >= 0.6 is 22.6 Å². The Morgan fingerprint density at radius 3 is 2.62 bits per heavy atom. The molecule has 0 spiro atoms. The van der Waals surface area contributed by atoms with Crippen LogP contribution in [-0.4, -0.2) is 13.1 Å². The molecule has 1 fully saturated rings. The number of halogens is 1. The van der Waals surface area contributed by atoms with E-state index in [4.69, 9.17) is 0 Å². The van der Waals surface area contributed by atoms with Crippen LogP contribution in [0.4, 0.5) is 0 Å². The van der Waals surface area contributed by atoms with E-state index in [2.05, 4.69) is 52.2 Å². The second-order valence-electron chi connectivity index (χ2n) is 3.59. The van der Waals surface area contributed by atoms with Gasteiger partial charge in [0.15, 0.2) is 0 Å². The first-order valence-electron chi connectivity index (χ1n) is 4.82. The van der Waals surface area contributed by atoms with Gasteiger partial charge in [-0.2, -0.15) is 0 Å². The van der Waals surface area contributed by atoms with Crippen molar-refractivity contribution >= 4 is 22.6 Å². The Balaban J connectivity index is 2.10. The molecule has 1 aliphatic rings. The van der Waals surface area contributed by atoms with E-state index in [1.54, 1.807) is 0 Å². The monoisotopic (exact) mass is 287 g/mol. The molecule has 0 aliphatic carbocycles. The number of nitrogens with one attached hydrogen (secondary N) is 1. The van der Waals surface area contributed by atoms with E-state index in [1.165, 1.54) is 28.5 Å². The molecule has 1 aromatic rings. The van der Waals surface area contributed by atoms with Crippen LogP contribution in [0.3, 0.4) is 0 Å². The maximum atomic E-state index is 3.45. The molecule has 1 atom stereocenters. The normalized spacial score (nSPS) is 23.0. The predicted octanol–water partition coefficient (Wildman–Crippen LogP) is 2.76. The molecule has 0 bridgehead atoms. The smallest absolute Gasteiger partial charge is 0.0130 e. The molecule has 0 aromatic heterocycles. The number of hydrogen-bond donors (Lipinski definition) is 1. The van der Waals surface area contributed by atoms with Crippen LogP contribution in [0.5, 0.6) is 0 Å². The Bertz CT molecular complexity index is 262. The number of hydrogen-bond acceptors (Lipinski definition) is 1. The van der Waals surface area contributed by atoms with Gasteiger partial charge in [-0.1, -0.05) is 12.1 Å². The summed E-state index contributed by atoms with van der Waals surface area (Å²) in [7, 11) is 0. The minimum absolute atomic E-state index is 0.741. The lowest BCUT2D eigenvalue weighted by molar-refractivity contribution is 0.461. The third-order valence-corrected chi connectivity index (χ3v) is 3.36. The van der Waals surface area contributed by atoms with Crippen molar-refractivity contribution < 1.29 is 0 Å². The summed E-state index contributed by atoms with van der Waals surface area (Å²) in [4.78, 5) is 0. The lowest BCUT2D eigenvalue weighted by Crippen LogP contribution is -2.28. The first kappa shape index (κ1) is 9.46. The number of benzene rings is 1. The second-order valence-corrected chi connectivity index (χ2v) is 4.84. The third-order valence-electron chi connectivity index (χ3n) is 2.64. The second kappa shape index (κ2) is 4.42. The van der Waals surface area contributed by atoms with Crippen LogP contribution in [0.15, 0.2) is 24.3 Å². The first-order valence-corrected chi connectivity index (χ1v) is 5.90. The molecular formula is C11H14IN. The van der Waals surface area contributed by atoms with E-state index in [0.29, 0.717) is 0 Å². The van der Waals surface area contributed by atoms with Gasteiger partial charge in [0.1, 0.15) is 0 Å². The first-order chi connectivity index (χ1) is 6.36. The molecule has 2 rings (SSSR count). The topological polar surface area (TPSA) is 12.0 Å². The fourth-order valence-electron chi connectivity index (χ4n) is 1.87. The standard InChI is InChI=1S/C11H14IN/c12-11-5-3-9(4-6-11)10-2-1-7-13-8-10/h3-6,10,13H,1-2,7-8H2/t10-/m0/s1. The van der Waals surface area contributed by atoms with E-state index in [-0.39, 0.29) is 0 Å². The van der Waals surface area contributed by atoms with Crippen molar-refractivity contribution in [1.29, 1.82) is 0 Å². The van der Waals surface area contributed by atoms with Crippen LogP contribution in [0.1, 0.15) is 24.3 Å². The van der Waals surface area contributed by atoms with Crippen molar-refractivity contribution in [1.82, 2.24) is 5.32 Å². The Morgan fingerprint density at radius 1 is 1.23 bits per heavy atom. The molecule has 0 radical (unpaired) electrons. The van der Waals surface area contributed by atoms with Crippen molar-refractivity contribution in [2.75, 3.05) is 13.1 Å². The minimum atomic E-state index is 0.741. The van der Waals surface area contributed by atoms with E-state index in [0.717, 1.165) is 12.5 Å². The van der Waals surface area contributed by atoms with Crippen LogP contribution < -0.4 is 5.32 Å². The highest BCUT2D eigenvalue weighted by molar-refractivity contribution is 14.1. The van der Waals surface area contributed by atoms with Gasteiger partial charge in [0.2, 0.25) is 0 Å². The fraction of sp³-hybridized carbons (Fsp3) is 0.455. The summed E-state index contributed by atoms with van der Waals surface area (Å²) in [6.07, 6.45) is 2.66. The minimum Gasteiger partial charge on any atom is -0.316 e. The van der Waals surface area contributed by atoms with Crippen LogP contribution in [0.25, 0.3) is 0 Å². The van der Waals surface area contributed by atoms with Crippen LogP contribution in [-0.2, 0) is 0 Å². The maximum absolute atomic E-state index is 3.45. The molecule has 1 aromatic carbocycles. The largest absolute Gasteiger partial charge is 0.316 e. The lowest BCUT2D eigenvalue weighted by atomic mass is 9.92. The molecule has 1 heterocycles. The molecule has 1 saturated heterocycles. The van der Waals surface area contributed by atoms with Crippen LogP contribution in [0.2, 0.25) is 0 Å². The zero-order chi connectivity index (χ0) is 9.10. The zero-order valence-corrected chi connectivity index (χ0v) is 9.75. The quantitative estimate of drug-likeness (QED) is 0.783. The molecular weight excluding hydrogens is 273 g/mol. The molecule has 70 valence electrons. The summed E-state index contributed by atoms with van der Waals surface area (Å²) < 4.78 is 1.32. The van der Waals surface area contributed by atoms with Gasteiger partial charge in [-0.15, -0.1) is 0 Å². The molecule has 0 unspecified atom stereocenters. The zero-order valence-electron chi connectivity index (χ0n) is 7.59. The molecule has 13 heavy (non-hydrogen) atoms. The predicted molar refractivity (Wildman–Crippen MR) is 64.0 cm³/mol. The van der Waals surface area contributed by atoms with E-state index in [1.807, 2.05) is 0 Å². The average Bonchev–Trinajstić information content (AvgIpc) is 2.20. The lowest BCUT2D eigenvalue weighted by Gasteiger charge is -2.23. The third kappa shape index (κ3) is 2.44. The van der Waals surface area contributed by atoms with Crippen molar-refractivity contribution in [2.24, 2.45) is 0 Å². The van der Waals surface area contributed by atoms with Crippen molar-refractivity contribution in [2.45, 2.75) is 18.8 Å². The van der Waals surface area contributed by atoms with Gasteiger partial charge in [-0.25, -0.2) is 0 Å². The summed E-state index contributed by atoms with van der Waals surface area (Å²) in [5.74, 6) is 0.741. The van der Waals surface area contributed by atoms with Gasteiger partial charge in [-0.05, 0) is 65.6 Å². The highest BCUT2D eigenvalue weighted by atomic mass is 127. The van der Waals surface area contributed by atoms with E-state index < -0.39 is 0 Å². The summed E-state index contributed by atoms with van der Waals surface area (Å²) in [6, 6.07) is 8.92. The molecule has 1 nitrogen and oxygen atoms in total. The summed E-state index contributed by atoms with van der Waals surface area (Å²) >= 11 is 2.35. The van der Waals surface area contributed by atoms with Crippen LogP contribution in [0, 0.1) is 3.57 Å². The van der Waals surface area contributed by atoms with E-state index in [9.17, 15) is 0 Å². The average molecular weight is 287 g/mol. The SMILES string of the molecule is Ic1ccc([C@H]2CCCNC2)cc1. The number of piperidine rings is 1. The van der Waals surface area contributed by atoms with Gasteiger partial charge in [0.05, 0.1) is 0 Å². The molecule has 0 saturated carbocycles. The molecule has 2 heteroatoms. The number of rotatable bonds is 1. The molecule has 1 N–H and O–H groups in total. The summed E-state index contributed by atoms with van der Waals surface area (Å²) in [6.45, 7) is 2.35. The van der Waals surface area contributed by atoms with Gasteiger partial charge in [0, 0.05) is 10.1 Å². The van der Waals surface area contributed by atoms with Gasteiger partial charge < -0.3 is 5.32 Å². The summed E-state index contributed by atoms with van der Waals surface area (Å²) in [5.41, 5.74) is 1.49. The van der Waals surface area contributed by atoms with Gasteiger partial charge in [0.25, 0.3) is 0 Å². The molecule has 0 amide bonds. The Labute approximate surface area is 93.1 Å². The highest BCUT2D eigenvalue weighted by Crippen LogP contribution is 2.23. The van der Waals surface area contributed by atoms with Crippen molar-refractivity contribution in [3.05, 3.63) is 33.4 Å². The van der Waals surface area contributed by atoms with Gasteiger partial charge >= 0.3 is 0 Å². The van der Waals surface area contributed by atoms with Gasteiger partial charge in [-0.3, -0.25) is 0 Å². The maximum Gasteiger partial charge on any atom is 0.0130 e. The van der Waals surface area contributed by atoms with Crippen molar-refractivity contribution in [3.8, 4) is 0 Å². The Hall–Kier alpha value is -0.0900. The fourth-order valence-corrected chi connectivity index (χ4v) is 2.23. The highest BCUT2D eigenvalue weighted by Gasteiger charge is 2.14. The Kier molecular flexibility index (Phi) is 3.22. The Morgan fingerprint density at radius 2 is 2.00 bits per heavy atom. The molecule has 1 aliphatic heterocycles.